The smallest absolute Gasteiger partial charge is 0.164 e. The van der Waals surface area contributed by atoms with Crippen molar-refractivity contribution in [2.75, 3.05) is 20.3 Å². The van der Waals surface area contributed by atoms with Crippen LogP contribution < -0.4 is 14.2 Å². The lowest BCUT2D eigenvalue weighted by atomic mass is 10.1. The number of ether oxygens (including phenoxy) is 3. The van der Waals surface area contributed by atoms with Gasteiger partial charge in [0.2, 0.25) is 0 Å². The summed E-state index contributed by atoms with van der Waals surface area (Å²) in [7, 11) is 1.65. The Bertz CT molecular complexity index is 916. The number of hydrogen-bond acceptors (Lipinski definition) is 6. The number of aromatic nitrogens is 3. The number of aryl methyl sites for hydroxylation is 1. The molecule has 0 atom stereocenters. The lowest BCUT2D eigenvalue weighted by Gasteiger charge is -2.15. The summed E-state index contributed by atoms with van der Waals surface area (Å²) in [6.07, 6.45) is 6.40. The van der Waals surface area contributed by atoms with Gasteiger partial charge in [0.25, 0.3) is 0 Å². The minimum absolute atomic E-state index is 0.545. The molecular formula is C20H23N3O4. The van der Waals surface area contributed by atoms with E-state index < -0.39 is 0 Å². The normalized spacial score (nSPS) is 13.4. The van der Waals surface area contributed by atoms with E-state index >= 15 is 0 Å². The van der Waals surface area contributed by atoms with Gasteiger partial charge in [-0.25, -0.2) is 4.98 Å². The summed E-state index contributed by atoms with van der Waals surface area (Å²) in [5.41, 5.74) is 2.78. The average molecular weight is 369 g/mol. The molecule has 2 aromatic heterocycles. The lowest BCUT2D eigenvalue weighted by Crippen LogP contribution is -2.01. The topological polar surface area (TPSA) is 71.5 Å². The Kier molecular flexibility index (Phi) is 5.00. The molecule has 0 radical (unpaired) electrons. The Morgan fingerprint density at radius 2 is 1.96 bits per heavy atom. The first-order valence-electron chi connectivity index (χ1n) is 9.21. The summed E-state index contributed by atoms with van der Waals surface area (Å²) in [5, 5.41) is 4.12. The quantitative estimate of drug-likeness (QED) is 0.660. The van der Waals surface area contributed by atoms with Crippen molar-refractivity contribution >= 4 is 0 Å². The van der Waals surface area contributed by atoms with E-state index in [4.69, 9.17) is 18.7 Å². The first-order chi connectivity index (χ1) is 13.3. The van der Waals surface area contributed by atoms with Gasteiger partial charge < -0.3 is 23.3 Å². The van der Waals surface area contributed by atoms with Crippen molar-refractivity contribution < 1.29 is 18.7 Å². The SMILES string of the molecule is CCCc1cc(Cn2cncc2-c2cc3c(cc2OC)OCCCO3)on1. The predicted octanol–water partition coefficient (Wildman–Crippen LogP) is 3.71. The van der Waals surface area contributed by atoms with E-state index in [0.29, 0.717) is 31.3 Å². The van der Waals surface area contributed by atoms with Crippen molar-refractivity contribution in [3.8, 4) is 28.5 Å². The molecule has 1 aliphatic rings. The van der Waals surface area contributed by atoms with Crippen molar-refractivity contribution in [2.45, 2.75) is 32.7 Å². The Labute approximate surface area is 157 Å². The molecule has 0 saturated carbocycles. The summed E-state index contributed by atoms with van der Waals surface area (Å²) >= 11 is 0. The van der Waals surface area contributed by atoms with E-state index in [9.17, 15) is 0 Å². The molecule has 0 amide bonds. The van der Waals surface area contributed by atoms with Crippen LogP contribution in [0.15, 0.2) is 35.2 Å². The molecule has 0 N–H and O–H groups in total. The third-order valence-corrected chi connectivity index (χ3v) is 4.50. The number of nitrogens with zero attached hydrogens (tertiary/aromatic N) is 3. The van der Waals surface area contributed by atoms with E-state index in [-0.39, 0.29) is 0 Å². The molecule has 7 nitrogen and oxygen atoms in total. The minimum atomic E-state index is 0.545. The second-order valence-electron chi connectivity index (χ2n) is 6.49. The second-order valence-corrected chi connectivity index (χ2v) is 6.49. The van der Waals surface area contributed by atoms with Gasteiger partial charge in [0, 0.05) is 24.1 Å². The van der Waals surface area contributed by atoms with Crippen LogP contribution in [-0.4, -0.2) is 35.0 Å². The molecule has 0 unspecified atom stereocenters. The Morgan fingerprint density at radius 3 is 2.74 bits per heavy atom. The van der Waals surface area contributed by atoms with Crippen LogP contribution in [0.4, 0.5) is 0 Å². The van der Waals surface area contributed by atoms with E-state index in [2.05, 4.69) is 17.1 Å². The predicted molar refractivity (Wildman–Crippen MR) is 99.4 cm³/mol. The van der Waals surface area contributed by atoms with E-state index in [1.54, 1.807) is 13.4 Å². The molecule has 4 rings (SSSR count). The maximum atomic E-state index is 5.84. The molecule has 0 saturated heterocycles. The van der Waals surface area contributed by atoms with Crippen molar-refractivity contribution in [1.29, 1.82) is 0 Å². The Hall–Kier alpha value is -2.96. The van der Waals surface area contributed by atoms with Gasteiger partial charge in [-0.05, 0) is 12.5 Å². The molecule has 0 bridgehead atoms. The van der Waals surface area contributed by atoms with Gasteiger partial charge in [0.05, 0.1) is 50.8 Å². The molecule has 3 aromatic rings. The van der Waals surface area contributed by atoms with Crippen LogP contribution in [0.25, 0.3) is 11.3 Å². The molecule has 7 heteroatoms. The Morgan fingerprint density at radius 1 is 1.15 bits per heavy atom. The maximum Gasteiger partial charge on any atom is 0.164 e. The minimum Gasteiger partial charge on any atom is -0.496 e. The highest BCUT2D eigenvalue weighted by Gasteiger charge is 2.19. The molecule has 0 spiro atoms. The van der Waals surface area contributed by atoms with Crippen LogP contribution in [-0.2, 0) is 13.0 Å². The van der Waals surface area contributed by atoms with Gasteiger partial charge in [0.15, 0.2) is 17.3 Å². The van der Waals surface area contributed by atoms with Crippen LogP contribution in [0.1, 0.15) is 31.2 Å². The summed E-state index contributed by atoms with van der Waals surface area (Å²) < 4.78 is 24.7. The zero-order valence-corrected chi connectivity index (χ0v) is 15.6. The van der Waals surface area contributed by atoms with Gasteiger partial charge >= 0.3 is 0 Å². The van der Waals surface area contributed by atoms with Crippen LogP contribution >= 0.6 is 0 Å². The zero-order valence-electron chi connectivity index (χ0n) is 15.6. The molecule has 3 heterocycles. The first-order valence-corrected chi connectivity index (χ1v) is 9.21. The number of imidazole rings is 1. The monoisotopic (exact) mass is 369 g/mol. The highest BCUT2D eigenvalue weighted by molar-refractivity contribution is 5.72. The van der Waals surface area contributed by atoms with Crippen molar-refractivity contribution in [2.24, 2.45) is 0 Å². The third-order valence-electron chi connectivity index (χ3n) is 4.50. The summed E-state index contributed by atoms with van der Waals surface area (Å²) in [6, 6.07) is 5.83. The van der Waals surface area contributed by atoms with Gasteiger partial charge in [-0.1, -0.05) is 18.5 Å². The maximum absolute atomic E-state index is 5.84. The highest BCUT2D eigenvalue weighted by Crippen LogP contribution is 2.41. The number of rotatable bonds is 6. The van der Waals surface area contributed by atoms with E-state index in [1.165, 1.54) is 0 Å². The molecule has 1 aliphatic heterocycles. The lowest BCUT2D eigenvalue weighted by molar-refractivity contribution is 0.296. The molecule has 142 valence electrons. The van der Waals surface area contributed by atoms with Crippen LogP contribution in [0.3, 0.4) is 0 Å². The summed E-state index contributed by atoms with van der Waals surface area (Å²) in [5.74, 6) is 2.94. The van der Waals surface area contributed by atoms with E-state index in [1.807, 2.05) is 29.0 Å². The largest absolute Gasteiger partial charge is 0.496 e. The van der Waals surface area contributed by atoms with Crippen LogP contribution in [0.2, 0.25) is 0 Å². The number of benzene rings is 1. The summed E-state index contributed by atoms with van der Waals surface area (Å²) in [6.45, 7) is 3.94. The van der Waals surface area contributed by atoms with Gasteiger partial charge in [-0.15, -0.1) is 0 Å². The average Bonchev–Trinajstić information content (AvgIpc) is 3.25. The zero-order chi connectivity index (χ0) is 18.6. The fourth-order valence-corrected chi connectivity index (χ4v) is 3.20. The third kappa shape index (κ3) is 3.63. The van der Waals surface area contributed by atoms with E-state index in [0.717, 1.165) is 47.7 Å². The first kappa shape index (κ1) is 17.5. The fraction of sp³-hybridized carbons (Fsp3) is 0.400. The molecule has 1 aromatic carbocycles. The van der Waals surface area contributed by atoms with Crippen molar-refractivity contribution in [3.05, 3.63) is 42.2 Å². The van der Waals surface area contributed by atoms with Gasteiger partial charge in [0.1, 0.15) is 5.75 Å². The molecule has 27 heavy (non-hydrogen) atoms. The van der Waals surface area contributed by atoms with Crippen molar-refractivity contribution in [1.82, 2.24) is 14.7 Å². The fourth-order valence-electron chi connectivity index (χ4n) is 3.20. The Balaban J connectivity index is 1.67. The highest BCUT2D eigenvalue weighted by atomic mass is 16.5. The number of hydrogen-bond donors (Lipinski definition) is 0. The van der Waals surface area contributed by atoms with Crippen LogP contribution in [0, 0.1) is 0 Å². The summed E-state index contributed by atoms with van der Waals surface area (Å²) in [4.78, 5) is 4.32. The number of fused-ring (bicyclic) bond motifs is 1. The molecule has 0 aliphatic carbocycles. The molecule has 0 fully saturated rings. The number of methoxy groups -OCH3 is 1. The van der Waals surface area contributed by atoms with Crippen LogP contribution in [0.5, 0.6) is 17.2 Å². The van der Waals surface area contributed by atoms with Gasteiger partial charge in [-0.3, -0.25) is 0 Å². The standard InChI is InChI=1S/C20H23N3O4/c1-3-5-14-8-15(27-22-14)12-23-13-21-11-17(23)16-9-19-20(10-18(16)24-2)26-7-4-6-25-19/h8-11,13H,3-7,12H2,1-2H3. The van der Waals surface area contributed by atoms with Gasteiger partial charge in [-0.2, -0.15) is 0 Å². The molecular weight excluding hydrogens is 346 g/mol. The second kappa shape index (κ2) is 7.73. The van der Waals surface area contributed by atoms with Crippen molar-refractivity contribution in [3.63, 3.8) is 0 Å².